The van der Waals surface area contributed by atoms with Crippen molar-refractivity contribution in [3.8, 4) is 22.6 Å². The van der Waals surface area contributed by atoms with Crippen LogP contribution in [0.15, 0.2) is 60.7 Å². The van der Waals surface area contributed by atoms with E-state index in [1.54, 1.807) is 0 Å². The first-order chi connectivity index (χ1) is 17.6. The number of hydrogen-bond acceptors (Lipinski definition) is 5. The Morgan fingerprint density at radius 1 is 0.973 bits per heavy atom. The molecule has 6 heteroatoms. The Labute approximate surface area is 217 Å². The van der Waals surface area contributed by atoms with Gasteiger partial charge in [0.2, 0.25) is 6.79 Å². The molecule has 1 aliphatic carbocycles. The zero-order chi connectivity index (χ0) is 26.2. The number of nitrogens with one attached hydrogen (secondary N) is 1. The first kappa shape index (κ1) is 24.9. The second-order valence-electron chi connectivity index (χ2n) is 10.9. The van der Waals surface area contributed by atoms with Gasteiger partial charge in [-0.25, -0.2) is 4.79 Å². The standard InChI is InChI=1S/C31H33NO5/c1-20-23(16-28(33)31(14-15-31)24-12-13-26-27(17-24)36-19-35-26)6-5-7-25(20)22-10-8-21(9-11-22)18-32-29(34)37-30(2,3)4/h5-13,17H,14-16,18-19H2,1-4H3,(H,32,34). The molecule has 192 valence electrons. The van der Waals surface area contributed by atoms with Crippen molar-refractivity contribution in [1.29, 1.82) is 0 Å². The maximum atomic E-state index is 13.5. The van der Waals surface area contributed by atoms with Crippen molar-refractivity contribution in [2.45, 2.75) is 64.5 Å². The Morgan fingerprint density at radius 2 is 1.70 bits per heavy atom. The van der Waals surface area contributed by atoms with E-state index in [4.69, 9.17) is 14.2 Å². The number of carbonyl (C=O) groups is 2. The molecular weight excluding hydrogens is 466 g/mol. The fraction of sp³-hybridized carbons (Fsp3) is 0.355. The Balaban J connectivity index is 1.28. The molecule has 0 aromatic heterocycles. The van der Waals surface area contributed by atoms with Gasteiger partial charge in [-0.15, -0.1) is 0 Å². The molecule has 0 spiro atoms. The van der Waals surface area contributed by atoms with E-state index in [1.807, 2.05) is 63.2 Å². The van der Waals surface area contributed by atoms with Gasteiger partial charge in [0.15, 0.2) is 11.5 Å². The minimum Gasteiger partial charge on any atom is -0.454 e. The number of hydrogen-bond donors (Lipinski definition) is 1. The molecule has 0 saturated heterocycles. The summed E-state index contributed by atoms with van der Waals surface area (Å²) >= 11 is 0. The molecule has 1 saturated carbocycles. The second-order valence-corrected chi connectivity index (χ2v) is 10.9. The number of rotatable bonds is 7. The van der Waals surface area contributed by atoms with Crippen molar-refractivity contribution in [2.75, 3.05) is 6.79 Å². The normalized spacial score (nSPS) is 15.2. The molecule has 1 fully saturated rings. The van der Waals surface area contributed by atoms with Crippen LogP contribution >= 0.6 is 0 Å². The molecule has 5 rings (SSSR count). The lowest BCUT2D eigenvalue weighted by atomic mass is 9.85. The lowest BCUT2D eigenvalue weighted by molar-refractivity contribution is -0.120. The van der Waals surface area contributed by atoms with Crippen molar-refractivity contribution in [3.63, 3.8) is 0 Å². The van der Waals surface area contributed by atoms with Crippen LogP contribution in [0, 0.1) is 6.92 Å². The van der Waals surface area contributed by atoms with Gasteiger partial charge >= 0.3 is 6.09 Å². The van der Waals surface area contributed by atoms with Crippen molar-refractivity contribution < 1.29 is 23.8 Å². The number of ketones is 1. The summed E-state index contributed by atoms with van der Waals surface area (Å²) in [6, 6.07) is 20.1. The highest BCUT2D eigenvalue weighted by Gasteiger charge is 2.50. The van der Waals surface area contributed by atoms with Crippen molar-refractivity contribution in [1.82, 2.24) is 5.32 Å². The maximum absolute atomic E-state index is 13.5. The molecule has 2 aliphatic rings. The van der Waals surface area contributed by atoms with Gasteiger partial charge in [-0.1, -0.05) is 48.5 Å². The van der Waals surface area contributed by atoms with Crippen LogP contribution in [0.2, 0.25) is 0 Å². The van der Waals surface area contributed by atoms with Crippen molar-refractivity contribution >= 4 is 11.9 Å². The largest absolute Gasteiger partial charge is 0.454 e. The summed E-state index contributed by atoms with van der Waals surface area (Å²) in [4.78, 5) is 25.5. The second kappa shape index (κ2) is 9.58. The van der Waals surface area contributed by atoms with Gasteiger partial charge in [0.25, 0.3) is 0 Å². The molecule has 37 heavy (non-hydrogen) atoms. The van der Waals surface area contributed by atoms with Crippen LogP contribution < -0.4 is 14.8 Å². The maximum Gasteiger partial charge on any atom is 0.407 e. The predicted octanol–water partition coefficient (Wildman–Crippen LogP) is 6.26. The minimum absolute atomic E-state index is 0.229. The van der Waals surface area contributed by atoms with E-state index in [1.165, 1.54) is 0 Å². The number of fused-ring (bicyclic) bond motifs is 1. The minimum atomic E-state index is -0.526. The summed E-state index contributed by atoms with van der Waals surface area (Å²) in [7, 11) is 0. The van der Waals surface area contributed by atoms with Crippen LogP contribution in [0.1, 0.15) is 55.9 Å². The van der Waals surface area contributed by atoms with E-state index < -0.39 is 17.1 Å². The monoisotopic (exact) mass is 499 g/mol. The molecular formula is C31H33NO5. The molecule has 0 atom stereocenters. The SMILES string of the molecule is Cc1c(CC(=O)C2(c3ccc4c(c3)OCO4)CC2)cccc1-c1ccc(CNC(=O)OC(C)(C)C)cc1. The molecule has 3 aromatic carbocycles. The fourth-order valence-electron chi connectivity index (χ4n) is 4.87. The van der Waals surface area contributed by atoms with Gasteiger partial charge in [-0.05, 0) is 86.1 Å². The first-order valence-electron chi connectivity index (χ1n) is 12.7. The fourth-order valence-corrected chi connectivity index (χ4v) is 4.87. The smallest absolute Gasteiger partial charge is 0.407 e. The summed E-state index contributed by atoms with van der Waals surface area (Å²) in [5.74, 6) is 1.71. The molecule has 1 aliphatic heterocycles. The van der Waals surface area contributed by atoms with E-state index in [2.05, 4.69) is 30.4 Å². The summed E-state index contributed by atoms with van der Waals surface area (Å²) < 4.78 is 16.3. The number of ether oxygens (including phenoxy) is 3. The first-order valence-corrected chi connectivity index (χ1v) is 12.7. The molecule has 1 heterocycles. The van der Waals surface area contributed by atoms with Gasteiger partial charge in [-0.2, -0.15) is 0 Å². The topological polar surface area (TPSA) is 73.9 Å². The molecule has 0 bridgehead atoms. The number of alkyl carbamates (subject to hydrolysis) is 1. The van der Waals surface area contributed by atoms with Gasteiger partial charge in [-0.3, -0.25) is 4.79 Å². The number of Topliss-reactive ketones (excluding diaryl/α,β-unsaturated/α-hetero) is 1. The van der Waals surface area contributed by atoms with Crippen LogP contribution in [-0.2, 0) is 27.9 Å². The third-order valence-electron chi connectivity index (χ3n) is 7.11. The molecule has 3 aromatic rings. The Hall–Kier alpha value is -3.80. The lowest BCUT2D eigenvalue weighted by Crippen LogP contribution is -2.32. The average Bonchev–Trinajstić information content (AvgIpc) is 3.54. The predicted molar refractivity (Wildman–Crippen MR) is 142 cm³/mol. The van der Waals surface area contributed by atoms with Crippen molar-refractivity contribution in [2.24, 2.45) is 0 Å². The van der Waals surface area contributed by atoms with E-state index in [9.17, 15) is 9.59 Å². The van der Waals surface area contributed by atoms with Gasteiger partial charge < -0.3 is 19.5 Å². The van der Waals surface area contributed by atoms with Crippen LogP contribution in [0.3, 0.4) is 0 Å². The van der Waals surface area contributed by atoms with E-state index in [0.29, 0.717) is 13.0 Å². The quantitative estimate of drug-likeness (QED) is 0.415. The van der Waals surface area contributed by atoms with Crippen LogP contribution in [0.25, 0.3) is 11.1 Å². The average molecular weight is 500 g/mol. The molecule has 0 unspecified atom stereocenters. The van der Waals surface area contributed by atoms with E-state index >= 15 is 0 Å². The highest BCUT2D eigenvalue weighted by Crippen LogP contribution is 2.51. The van der Waals surface area contributed by atoms with Crippen molar-refractivity contribution in [3.05, 3.63) is 82.9 Å². The van der Waals surface area contributed by atoms with Gasteiger partial charge in [0.05, 0.1) is 5.41 Å². The zero-order valence-electron chi connectivity index (χ0n) is 21.9. The van der Waals surface area contributed by atoms with Crippen LogP contribution in [-0.4, -0.2) is 24.3 Å². The van der Waals surface area contributed by atoms with E-state index in [0.717, 1.165) is 57.7 Å². The summed E-state index contributed by atoms with van der Waals surface area (Å²) in [5.41, 5.74) is 5.38. The lowest BCUT2D eigenvalue weighted by Gasteiger charge is -2.19. The van der Waals surface area contributed by atoms with Gasteiger partial charge in [0, 0.05) is 13.0 Å². The third kappa shape index (κ3) is 5.33. The number of amides is 1. The Kier molecular flexibility index (Phi) is 6.44. The van der Waals surface area contributed by atoms with Crippen LogP contribution in [0.4, 0.5) is 4.79 Å². The van der Waals surface area contributed by atoms with E-state index in [-0.39, 0.29) is 12.6 Å². The summed E-state index contributed by atoms with van der Waals surface area (Å²) in [5, 5.41) is 2.79. The third-order valence-corrected chi connectivity index (χ3v) is 7.11. The molecule has 1 N–H and O–H groups in total. The summed E-state index contributed by atoms with van der Waals surface area (Å²) in [6.45, 7) is 8.22. The highest BCUT2D eigenvalue weighted by atomic mass is 16.7. The number of carbonyl (C=O) groups excluding carboxylic acids is 2. The number of benzene rings is 3. The highest BCUT2D eigenvalue weighted by molar-refractivity contribution is 5.95. The summed E-state index contributed by atoms with van der Waals surface area (Å²) in [6.07, 6.45) is 1.69. The molecule has 0 radical (unpaired) electrons. The zero-order valence-corrected chi connectivity index (χ0v) is 21.9. The van der Waals surface area contributed by atoms with Crippen LogP contribution in [0.5, 0.6) is 11.5 Å². The Morgan fingerprint density at radius 3 is 2.41 bits per heavy atom. The Bertz CT molecular complexity index is 1330. The molecule has 6 nitrogen and oxygen atoms in total. The molecule has 1 amide bonds. The van der Waals surface area contributed by atoms with Gasteiger partial charge in [0.1, 0.15) is 11.4 Å².